The smallest absolute Gasteiger partial charge is 0.306 e. The number of nitrogens with one attached hydrogen (secondary N) is 1. The minimum absolute atomic E-state index is 0.0310. The highest BCUT2D eigenvalue weighted by atomic mass is 16.2. The first kappa shape index (κ1) is 22.7. The lowest BCUT2D eigenvalue weighted by atomic mass is 9.91. The van der Waals surface area contributed by atoms with Gasteiger partial charge in [0.2, 0.25) is 0 Å². The summed E-state index contributed by atoms with van der Waals surface area (Å²) >= 11 is 0. The molecular formula is C27H38N4O. The summed E-state index contributed by atoms with van der Waals surface area (Å²) in [6.45, 7) is 9.28. The number of urea groups is 1. The first-order chi connectivity index (χ1) is 15.4. The largest absolute Gasteiger partial charge is 0.340 e. The Labute approximate surface area is 193 Å². The van der Waals surface area contributed by atoms with Crippen molar-refractivity contribution in [3.63, 3.8) is 0 Å². The van der Waals surface area contributed by atoms with Crippen molar-refractivity contribution in [2.24, 2.45) is 17.8 Å². The van der Waals surface area contributed by atoms with Crippen molar-refractivity contribution in [2.75, 3.05) is 11.9 Å². The van der Waals surface area contributed by atoms with Crippen molar-refractivity contribution in [1.82, 2.24) is 10.0 Å². The van der Waals surface area contributed by atoms with Crippen LogP contribution in [0.25, 0.3) is 0 Å². The van der Waals surface area contributed by atoms with E-state index in [2.05, 4.69) is 55.4 Å². The Morgan fingerprint density at radius 3 is 2.66 bits per heavy atom. The molecular weight excluding hydrogens is 396 g/mol. The maximum atomic E-state index is 13.6. The Balaban J connectivity index is 1.54. The second-order valence-electron chi connectivity index (χ2n) is 10.3. The lowest BCUT2D eigenvalue weighted by Crippen LogP contribution is -2.49. The maximum Gasteiger partial charge on any atom is 0.340 e. The number of hydrogen-bond donors (Lipinski definition) is 1. The maximum absolute atomic E-state index is 13.6. The predicted molar refractivity (Wildman–Crippen MR) is 129 cm³/mol. The molecule has 1 N–H and O–H groups in total. The van der Waals surface area contributed by atoms with E-state index in [1.807, 2.05) is 18.1 Å². The lowest BCUT2D eigenvalue weighted by Gasteiger charge is -2.38. The van der Waals surface area contributed by atoms with Gasteiger partial charge in [0.25, 0.3) is 0 Å². The second kappa shape index (κ2) is 9.57. The number of hydrogen-bond acceptors (Lipinski definition) is 3. The van der Waals surface area contributed by atoms with Gasteiger partial charge in [-0.25, -0.2) is 9.80 Å². The number of carbonyl (C=O) groups is 1. The predicted octanol–water partition coefficient (Wildman–Crippen LogP) is 6.23. The van der Waals surface area contributed by atoms with Crippen LogP contribution in [0.15, 0.2) is 24.4 Å². The van der Waals surface area contributed by atoms with Crippen LogP contribution in [0.5, 0.6) is 0 Å². The molecule has 2 aliphatic carbocycles. The molecule has 1 aliphatic heterocycles. The molecule has 172 valence electrons. The molecule has 3 aliphatic rings. The van der Waals surface area contributed by atoms with Crippen LogP contribution in [0.1, 0.15) is 82.4 Å². The minimum atomic E-state index is -0.0430. The van der Waals surface area contributed by atoms with Gasteiger partial charge in [0, 0.05) is 17.8 Å². The van der Waals surface area contributed by atoms with Gasteiger partial charge in [0.1, 0.15) is 0 Å². The summed E-state index contributed by atoms with van der Waals surface area (Å²) in [6, 6.07) is 7.05. The van der Waals surface area contributed by atoms with Crippen LogP contribution < -0.4 is 5.32 Å². The highest BCUT2D eigenvalue weighted by Gasteiger charge is 2.34. The van der Waals surface area contributed by atoms with Gasteiger partial charge in [-0.15, -0.1) is 0 Å². The average molecular weight is 435 g/mol. The Hall–Kier alpha value is -2.48. The third-order valence-corrected chi connectivity index (χ3v) is 7.64. The summed E-state index contributed by atoms with van der Waals surface area (Å²) in [5, 5.41) is 16.5. The average Bonchev–Trinajstić information content (AvgIpc) is 3.31. The number of anilines is 1. The lowest BCUT2D eigenvalue weighted by molar-refractivity contribution is 0.0283. The highest BCUT2D eigenvalue weighted by molar-refractivity contribution is 5.92. The molecule has 1 heterocycles. The Morgan fingerprint density at radius 1 is 1.19 bits per heavy atom. The summed E-state index contributed by atoms with van der Waals surface area (Å²) in [5.41, 5.74) is 5.14. The first-order valence-electron chi connectivity index (χ1n) is 12.5. The van der Waals surface area contributed by atoms with Crippen LogP contribution in [-0.2, 0) is 12.8 Å². The van der Waals surface area contributed by atoms with Crippen LogP contribution in [0, 0.1) is 29.1 Å². The van der Waals surface area contributed by atoms with Crippen molar-refractivity contribution in [2.45, 2.75) is 84.6 Å². The standard InChI is InChI=1S/C27H38N4O/c1-18(2)25(14-9-19(3)17-28)30-15-6-16-31(30)27(32)29-26-23(20(4)21-10-11-21)13-12-22-7-5-8-24(22)26/h6,12-13,15,18-21,25H,5,7-11,14,16H2,1-4H3,(H,29,32)/t19?,20-,25?/m1/s1. The molecule has 4 rings (SSSR count). The van der Waals surface area contributed by atoms with E-state index >= 15 is 0 Å². The van der Waals surface area contributed by atoms with Gasteiger partial charge in [-0.05, 0) is 92.4 Å². The van der Waals surface area contributed by atoms with Gasteiger partial charge in [0.15, 0.2) is 0 Å². The van der Waals surface area contributed by atoms with Crippen molar-refractivity contribution in [3.8, 4) is 6.07 Å². The molecule has 1 fully saturated rings. The molecule has 2 unspecified atom stereocenters. The number of benzene rings is 1. The molecule has 3 atom stereocenters. The van der Waals surface area contributed by atoms with Crippen molar-refractivity contribution >= 4 is 11.7 Å². The van der Waals surface area contributed by atoms with E-state index < -0.39 is 0 Å². The number of nitrogens with zero attached hydrogens (tertiary/aromatic N) is 3. The minimum Gasteiger partial charge on any atom is -0.306 e. The number of carbonyl (C=O) groups excluding carboxylic acids is 1. The summed E-state index contributed by atoms with van der Waals surface area (Å²) in [7, 11) is 0. The van der Waals surface area contributed by atoms with E-state index in [1.54, 1.807) is 0 Å². The second-order valence-corrected chi connectivity index (χ2v) is 10.3. The fourth-order valence-corrected chi connectivity index (χ4v) is 5.40. The zero-order chi connectivity index (χ0) is 22.8. The SMILES string of the molecule is CC(C#N)CCC(C(C)C)N1C=CCN1C(=O)Nc1c([C@H](C)C2CC2)ccc2c1CCC2. The molecule has 0 bridgehead atoms. The number of amides is 2. The molecule has 0 saturated heterocycles. The van der Waals surface area contributed by atoms with Gasteiger partial charge < -0.3 is 5.32 Å². The number of rotatable bonds is 8. The molecule has 1 saturated carbocycles. The zero-order valence-electron chi connectivity index (χ0n) is 20.1. The summed E-state index contributed by atoms with van der Waals surface area (Å²) in [5.74, 6) is 1.65. The molecule has 1 aromatic carbocycles. The normalized spacial score (nSPS) is 20.2. The zero-order valence-corrected chi connectivity index (χ0v) is 20.1. The summed E-state index contributed by atoms with van der Waals surface area (Å²) < 4.78 is 0. The van der Waals surface area contributed by atoms with Gasteiger partial charge in [-0.2, -0.15) is 5.26 Å². The number of aryl methyl sites for hydroxylation is 1. The molecule has 0 aromatic heterocycles. The summed E-state index contributed by atoms with van der Waals surface area (Å²) in [6.07, 6.45) is 11.8. The van der Waals surface area contributed by atoms with Crippen LogP contribution >= 0.6 is 0 Å². The molecule has 5 nitrogen and oxygen atoms in total. The van der Waals surface area contributed by atoms with Crippen molar-refractivity contribution < 1.29 is 4.79 Å². The van der Waals surface area contributed by atoms with E-state index in [1.165, 1.54) is 36.0 Å². The van der Waals surface area contributed by atoms with Crippen LogP contribution in [0.3, 0.4) is 0 Å². The quantitative estimate of drug-likeness (QED) is 0.527. The molecule has 2 amide bonds. The van der Waals surface area contributed by atoms with Crippen LogP contribution in [0.2, 0.25) is 0 Å². The fourth-order valence-electron chi connectivity index (χ4n) is 5.40. The topological polar surface area (TPSA) is 59.4 Å². The fraction of sp³-hybridized carbons (Fsp3) is 0.630. The number of fused-ring (bicyclic) bond motifs is 1. The first-order valence-corrected chi connectivity index (χ1v) is 12.5. The van der Waals surface area contributed by atoms with Crippen molar-refractivity contribution in [1.29, 1.82) is 5.26 Å². The van der Waals surface area contributed by atoms with Gasteiger partial charge >= 0.3 is 6.03 Å². The van der Waals surface area contributed by atoms with E-state index in [0.717, 1.165) is 37.3 Å². The van der Waals surface area contributed by atoms with E-state index in [0.29, 0.717) is 18.4 Å². The van der Waals surface area contributed by atoms with Crippen LogP contribution in [-0.4, -0.2) is 28.6 Å². The Bertz CT molecular complexity index is 911. The summed E-state index contributed by atoms with van der Waals surface area (Å²) in [4.78, 5) is 13.6. The van der Waals surface area contributed by atoms with E-state index in [4.69, 9.17) is 0 Å². The third kappa shape index (κ3) is 4.65. The molecule has 0 spiro atoms. The van der Waals surface area contributed by atoms with Crippen LogP contribution in [0.4, 0.5) is 10.5 Å². The molecule has 1 aromatic rings. The van der Waals surface area contributed by atoms with E-state index in [-0.39, 0.29) is 18.0 Å². The Morgan fingerprint density at radius 2 is 1.97 bits per heavy atom. The molecule has 5 heteroatoms. The van der Waals surface area contributed by atoms with Gasteiger partial charge in [-0.1, -0.05) is 32.9 Å². The van der Waals surface area contributed by atoms with Crippen molar-refractivity contribution in [3.05, 3.63) is 41.1 Å². The molecule has 32 heavy (non-hydrogen) atoms. The van der Waals surface area contributed by atoms with Gasteiger partial charge in [0.05, 0.1) is 18.7 Å². The number of nitriles is 1. The third-order valence-electron chi connectivity index (χ3n) is 7.64. The number of hydrazine groups is 1. The molecule has 0 radical (unpaired) electrons. The highest BCUT2D eigenvalue weighted by Crippen LogP contribution is 2.46. The monoisotopic (exact) mass is 434 g/mol. The van der Waals surface area contributed by atoms with E-state index in [9.17, 15) is 10.1 Å². The van der Waals surface area contributed by atoms with Gasteiger partial charge in [-0.3, -0.25) is 5.01 Å². The Kier molecular flexibility index (Phi) is 6.79.